The summed E-state index contributed by atoms with van der Waals surface area (Å²) < 4.78 is 0. The quantitative estimate of drug-likeness (QED) is 0.809. The molecule has 2 unspecified atom stereocenters. The minimum absolute atomic E-state index is 0.00828. The van der Waals surface area contributed by atoms with Crippen molar-refractivity contribution < 1.29 is 9.59 Å². The maximum Gasteiger partial charge on any atom is 0.233 e. The Kier molecular flexibility index (Phi) is 4.34. The third-order valence-electron chi connectivity index (χ3n) is 5.90. The molecule has 1 aliphatic heterocycles. The Morgan fingerprint density at radius 3 is 2.05 bits per heavy atom. The second-order valence-corrected chi connectivity index (χ2v) is 7.07. The second-order valence-electron chi connectivity index (χ2n) is 7.07. The Bertz CT molecular complexity index is 391. The molecule has 4 heteroatoms. The summed E-state index contributed by atoms with van der Waals surface area (Å²) >= 11 is 0. The van der Waals surface area contributed by atoms with Crippen molar-refractivity contribution in [3.8, 4) is 0 Å². The molecule has 3 aliphatic rings. The minimum Gasteiger partial charge on any atom is -0.314 e. The lowest BCUT2D eigenvalue weighted by molar-refractivity contribution is -0.144. The Labute approximate surface area is 127 Å². The van der Waals surface area contributed by atoms with E-state index in [0.29, 0.717) is 12.0 Å². The first-order chi connectivity index (χ1) is 10.2. The van der Waals surface area contributed by atoms with E-state index in [1.54, 1.807) is 4.90 Å². The average molecular weight is 292 g/mol. The Morgan fingerprint density at radius 2 is 1.57 bits per heavy atom. The highest BCUT2D eigenvalue weighted by atomic mass is 16.2. The summed E-state index contributed by atoms with van der Waals surface area (Å²) in [5.74, 6) is 0.892. The summed E-state index contributed by atoms with van der Waals surface area (Å²) in [6, 6.07) is 0.744. The monoisotopic (exact) mass is 292 g/mol. The highest BCUT2D eigenvalue weighted by Gasteiger charge is 2.54. The van der Waals surface area contributed by atoms with Gasteiger partial charge in [-0.2, -0.15) is 0 Å². The highest BCUT2D eigenvalue weighted by Crippen LogP contribution is 2.45. The van der Waals surface area contributed by atoms with Gasteiger partial charge in [0.25, 0.3) is 0 Å². The first-order valence-corrected chi connectivity index (χ1v) is 8.76. The SMILES string of the molecule is CCNC1CCC(N2C(=O)C3CC(CC)CC3C2=O)CC1. The van der Waals surface area contributed by atoms with E-state index in [-0.39, 0.29) is 29.7 Å². The third kappa shape index (κ3) is 2.63. The van der Waals surface area contributed by atoms with Gasteiger partial charge in [0.2, 0.25) is 11.8 Å². The lowest BCUT2D eigenvalue weighted by Gasteiger charge is -2.34. The van der Waals surface area contributed by atoms with Gasteiger partial charge in [-0.3, -0.25) is 14.5 Å². The molecule has 3 rings (SSSR count). The van der Waals surface area contributed by atoms with Gasteiger partial charge in [0.1, 0.15) is 0 Å². The maximum atomic E-state index is 12.7. The number of carbonyl (C=O) groups is 2. The minimum atomic E-state index is 0.00828. The van der Waals surface area contributed by atoms with E-state index < -0.39 is 0 Å². The van der Waals surface area contributed by atoms with E-state index in [4.69, 9.17) is 0 Å². The molecule has 2 saturated carbocycles. The van der Waals surface area contributed by atoms with Gasteiger partial charge in [-0.05, 0) is 51.0 Å². The Hall–Kier alpha value is -0.900. The summed E-state index contributed by atoms with van der Waals surface area (Å²) in [7, 11) is 0. The molecule has 3 fully saturated rings. The van der Waals surface area contributed by atoms with Crippen molar-refractivity contribution in [1.29, 1.82) is 0 Å². The highest BCUT2D eigenvalue weighted by molar-refractivity contribution is 6.05. The fourth-order valence-electron chi connectivity index (χ4n) is 4.67. The van der Waals surface area contributed by atoms with Crippen LogP contribution in [0.4, 0.5) is 0 Å². The van der Waals surface area contributed by atoms with Crippen LogP contribution in [0.1, 0.15) is 58.8 Å². The van der Waals surface area contributed by atoms with Crippen LogP contribution in [-0.2, 0) is 9.59 Å². The number of nitrogens with one attached hydrogen (secondary N) is 1. The van der Waals surface area contributed by atoms with Crippen LogP contribution in [0.25, 0.3) is 0 Å². The average Bonchev–Trinajstić information content (AvgIpc) is 3.01. The fourth-order valence-corrected chi connectivity index (χ4v) is 4.67. The number of fused-ring (bicyclic) bond motifs is 1. The summed E-state index contributed by atoms with van der Waals surface area (Å²) in [6.45, 7) is 5.30. The number of hydrogen-bond donors (Lipinski definition) is 1. The van der Waals surface area contributed by atoms with Gasteiger partial charge in [0.15, 0.2) is 0 Å². The number of hydrogen-bond acceptors (Lipinski definition) is 3. The molecule has 118 valence electrons. The fraction of sp³-hybridized carbons (Fsp3) is 0.882. The van der Waals surface area contributed by atoms with Crippen molar-refractivity contribution in [2.45, 2.75) is 70.9 Å². The van der Waals surface area contributed by atoms with E-state index in [1.165, 1.54) is 0 Å². The van der Waals surface area contributed by atoms with Crippen LogP contribution in [0.5, 0.6) is 0 Å². The molecule has 0 aromatic heterocycles. The van der Waals surface area contributed by atoms with Crippen LogP contribution in [0.2, 0.25) is 0 Å². The first kappa shape index (κ1) is 15.0. The van der Waals surface area contributed by atoms with Gasteiger partial charge >= 0.3 is 0 Å². The van der Waals surface area contributed by atoms with Crippen molar-refractivity contribution in [2.75, 3.05) is 6.54 Å². The number of carbonyl (C=O) groups excluding carboxylic acids is 2. The van der Waals surface area contributed by atoms with Crippen molar-refractivity contribution >= 4 is 11.8 Å². The van der Waals surface area contributed by atoms with Crippen LogP contribution in [0.3, 0.4) is 0 Å². The zero-order valence-electron chi connectivity index (χ0n) is 13.3. The molecule has 0 radical (unpaired) electrons. The molecule has 1 saturated heterocycles. The summed E-state index contributed by atoms with van der Waals surface area (Å²) in [5, 5.41) is 3.48. The molecule has 4 nitrogen and oxygen atoms in total. The largest absolute Gasteiger partial charge is 0.314 e. The molecule has 2 atom stereocenters. The Balaban J connectivity index is 1.63. The lowest BCUT2D eigenvalue weighted by Crippen LogP contribution is -2.46. The van der Waals surface area contributed by atoms with Crippen molar-refractivity contribution in [1.82, 2.24) is 10.2 Å². The molecule has 21 heavy (non-hydrogen) atoms. The zero-order chi connectivity index (χ0) is 15.0. The molecule has 0 spiro atoms. The number of imide groups is 1. The molecule has 2 amide bonds. The van der Waals surface area contributed by atoms with Crippen molar-refractivity contribution in [2.24, 2.45) is 17.8 Å². The van der Waals surface area contributed by atoms with Gasteiger partial charge in [0.05, 0.1) is 11.8 Å². The molecule has 2 aliphatic carbocycles. The van der Waals surface area contributed by atoms with Gasteiger partial charge in [-0.15, -0.1) is 0 Å². The third-order valence-corrected chi connectivity index (χ3v) is 5.90. The van der Waals surface area contributed by atoms with Crippen LogP contribution < -0.4 is 5.32 Å². The molecule has 1 N–H and O–H groups in total. The summed E-state index contributed by atoms with van der Waals surface area (Å²) in [5.41, 5.74) is 0. The molecule has 0 aromatic carbocycles. The molecule has 1 heterocycles. The molecular formula is C17H28N2O2. The number of nitrogens with zero attached hydrogens (tertiary/aromatic N) is 1. The van der Waals surface area contributed by atoms with Crippen LogP contribution in [0, 0.1) is 17.8 Å². The molecule has 0 aromatic rings. The van der Waals surface area contributed by atoms with Crippen molar-refractivity contribution in [3.63, 3.8) is 0 Å². The maximum absolute atomic E-state index is 12.7. The molecular weight excluding hydrogens is 264 g/mol. The van der Waals surface area contributed by atoms with E-state index in [0.717, 1.165) is 51.5 Å². The number of rotatable bonds is 4. The number of likely N-dealkylation sites (tertiary alicyclic amines) is 1. The topological polar surface area (TPSA) is 49.4 Å². The van der Waals surface area contributed by atoms with Gasteiger partial charge in [-0.25, -0.2) is 0 Å². The van der Waals surface area contributed by atoms with Gasteiger partial charge in [0, 0.05) is 12.1 Å². The van der Waals surface area contributed by atoms with E-state index in [2.05, 4.69) is 19.2 Å². The van der Waals surface area contributed by atoms with E-state index in [1.807, 2.05) is 0 Å². The predicted octanol–water partition coefficient (Wildman–Crippen LogP) is 2.33. The first-order valence-electron chi connectivity index (χ1n) is 8.76. The van der Waals surface area contributed by atoms with Crippen LogP contribution in [-0.4, -0.2) is 35.3 Å². The molecule has 0 bridgehead atoms. The lowest BCUT2D eigenvalue weighted by atomic mass is 9.90. The smallest absolute Gasteiger partial charge is 0.233 e. The standard InChI is InChI=1S/C17H28N2O2/c1-3-11-9-14-15(10-11)17(21)19(16(14)20)13-7-5-12(6-8-13)18-4-2/h11-15,18H,3-10H2,1-2H3. The van der Waals surface area contributed by atoms with Crippen LogP contribution in [0.15, 0.2) is 0 Å². The normalized spacial score (nSPS) is 39.9. The summed E-state index contributed by atoms with van der Waals surface area (Å²) in [6.07, 6.45) is 7.11. The second kappa shape index (κ2) is 6.07. The van der Waals surface area contributed by atoms with Gasteiger partial charge < -0.3 is 5.32 Å². The number of amides is 2. The van der Waals surface area contributed by atoms with E-state index >= 15 is 0 Å². The zero-order valence-corrected chi connectivity index (χ0v) is 13.3. The Morgan fingerprint density at radius 1 is 1.00 bits per heavy atom. The summed E-state index contributed by atoms with van der Waals surface area (Å²) in [4.78, 5) is 27.0. The van der Waals surface area contributed by atoms with Crippen molar-refractivity contribution in [3.05, 3.63) is 0 Å². The predicted molar refractivity (Wildman–Crippen MR) is 81.6 cm³/mol. The van der Waals surface area contributed by atoms with Crippen LogP contribution >= 0.6 is 0 Å². The van der Waals surface area contributed by atoms with E-state index in [9.17, 15) is 9.59 Å². The van der Waals surface area contributed by atoms with Gasteiger partial charge in [-0.1, -0.05) is 20.3 Å².